The summed E-state index contributed by atoms with van der Waals surface area (Å²) in [6.45, 7) is 1.88. The molecular formula is C6H8ClN2+. The number of hydrogen-bond acceptors (Lipinski definition) is 1. The summed E-state index contributed by atoms with van der Waals surface area (Å²) in [6.07, 6.45) is 3.54. The van der Waals surface area contributed by atoms with E-state index in [2.05, 4.69) is 4.98 Å². The van der Waals surface area contributed by atoms with Crippen LogP contribution in [0, 0.1) is 6.92 Å². The average molecular weight is 144 g/mol. The molecule has 0 amide bonds. The Balaban J connectivity index is 3.25. The van der Waals surface area contributed by atoms with Gasteiger partial charge in [-0.3, -0.25) is 0 Å². The standard InChI is InChI=1S/C6H8ClN2/c1-5-6(7)9(2)4-3-8-5/h3-4H,1-2H3/q+1. The molecule has 2 nitrogen and oxygen atoms in total. The Labute approximate surface area is 59.1 Å². The zero-order chi connectivity index (χ0) is 6.85. The fourth-order valence-electron chi connectivity index (χ4n) is 0.619. The second kappa shape index (κ2) is 2.31. The van der Waals surface area contributed by atoms with Crippen molar-refractivity contribution in [3.05, 3.63) is 23.2 Å². The first-order valence-electron chi connectivity index (χ1n) is 2.68. The third-order valence-electron chi connectivity index (χ3n) is 1.17. The normalized spacial score (nSPS) is 9.67. The van der Waals surface area contributed by atoms with Crippen LogP contribution in [-0.4, -0.2) is 4.98 Å². The van der Waals surface area contributed by atoms with Crippen LogP contribution < -0.4 is 4.57 Å². The van der Waals surface area contributed by atoms with Gasteiger partial charge in [-0.15, -0.1) is 0 Å². The minimum atomic E-state index is 0.692. The number of nitrogens with zero attached hydrogens (tertiary/aromatic N) is 2. The maximum atomic E-state index is 5.78. The van der Waals surface area contributed by atoms with Gasteiger partial charge in [0.25, 0.3) is 5.15 Å². The molecule has 48 valence electrons. The van der Waals surface area contributed by atoms with Crippen molar-refractivity contribution in [3.8, 4) is 0 Å². The molecule has 0 atom stereocenters. The van der Waals surface area contributed by atoms with Crippen LogP contribution in [0.2, 0.25) is 5.15 Å². The van der Waals surface area contributed by atoms with Crippen molar-refractivity contribution < 1.29 is 4.57 Å². The highest BCUT2D eigenvalue weighted by atomic mass is 35.5. The van der Waals surface area contributed by atoms with Crippen LogP contribution in [0.3, 0.4) is 0 Å². The highest BCUT2D eigenvalue weighted by Crippen LogP contribution is 2.02. The van der Waals surface area contributed by atoms with E-state index in [1.165, 1.54) is 0 Å². The van der Waals surface area contributed by atoms with E-state index in [-0.39, 0.29) is 0 Å². The predicted octanol–water partition coefficient (Wildman–Crippen LogP) is 0.868. The van der Waals surface area contributed by atoms with Gasteiger partial charge in [0.2, 0.25) is 0 Å². The summed E-state index contributed by atoms with van der Waals surface area (Å²) in [6, 6.07) is 0. The van der Waals surface area contributed by atoms with Crippen LogP contribution >= 0.6 is 11.6 Å². The molecule has 1 heterocycles. The molecular weight excluding hydrogens is 136 g/mol. The second-order valence-electron chi connectivity index (χ2n) is 1.91. The first kappa shape index (κ1) is 6.49. The summed E-state index contributed by atoms with van der Waals surface area (Å²) in [5, 5.41) is 0.692. The first-order chi connectivity index (χ1) is 4.22. The van der Waals surface area contributed by atoms with Crippen LogP contribution in [0.15, 0.2) is 12.4 Å². The van der Waals surface area contributed by atoms with Crippen molar-refractivity contribution in [3.63, 3.8) is 0 Å². The summed E-state index contributed by atoms with van der Waals surface area (Å²) < 4.78 is 1.82. The average Bonchev–Trinajstić information content (AvgIpc) is 1.83. The molecule has 1 aromatic rings. The molecule has 0 bridgehead atoms. The van der Waals surface area contributed by atoms with Gasteiger partial charge in [-0.25, -0.2) is 4.98 Å². The topological polar surface area (TPSA) is 16.8 Å². The largest absolute Gasteiger partial charge is 0.296 e. The SMILES string of the molecule is Cc1ncc[n+](C)c1Cl. The van der Waals surface area contributed by atoms with Gasteiger partial charge in [0.15, 0.2) is 6.20 Å². The Hall–Kier alpha value is -0.630. The van der Waals surface area contributed by atoms with Crippen LogP contribution in [0.25, 0.3) is 0 Å². The summed E-state index contributed by atoms with van der Waals surface area (Å²) >= 11 is 5.78. The Bertz CT molecular complexity index is 202. The third-order valence-corrected chi connectivity index (χ3v) is 1.71. The minimum absolute atomic E-state index is 0.692. The molecule has 0 radical (unpaired) electrons. The zero-order valence-electron chi connectivity index (χ0n) is 5.43. The molecule has 0 aliphatic heterocycles. The third kappa shape index (κ3) is 1.19. The molecule has 1 aromatic heterocycles. The Morgan fingerprint density at radius 2 is 2.33 bits per heavy atom. The van der Waals surface area contributed by atoms with E-state index < -0.39 is 0 Å². The Kier molecular flexibility index (Phi) is 1.67. The van der Waals surface area contributed by atoms with Gasteiger partial charge in [0.05, 0.1) is 6.20 Å². The van der Waals surface area contributed by atoms with Gasteiger partial charge >= 0.3 is 0 Å². The fraction of sp³-hybridized carbons (Fsp3) is 0.333. The number of rotatable bonds is 0. The molecule has 0 aromatic carbocycles. The lowest BCUT2D eigenvalue weighted by Crippen LogP contribution is -2.29. The van der Waals surface area contributed by atoms with Crippen molar-refractivity contribution in [1.29, 1.82) is 0 Å². The monoisotopic (exact) mass is 143 g/mol. The molecule has 0 fully saturated rings. The smallest absolute Gasteiger partial charge is 0.247 e. The van der Waals surface area contributed by atoms with E-state index in [0.717, 1.165) is 5.69 Å². The molecule has 0 saturated heterocycles. The van der Waals surface area contributed by atoms with Gasteiger partial charge in [-0.1, -0.05) is 0 Å². The van der Waals surface area contributed by atoms with Gasteiger partial charge < -0.3 is 0 Å². The summed E-state index contributed by atoms with van der Waals surface area (Å²) in [5.41, 5.74) is 0.863. The van der Waals surface area contributed by atoms with E-state index in [4.69, 9.17) is 11.6 Å². The lowest BCUT2D eigenvalue weighted by Gasteiger charge is -1.90. The second-order valence-corrected chi connectivity index (χ2v) is 2.27. The van der Waals surface area contributed by atoms with Gasteiger partial charge in [0.1, 0.15) is 12.7 Å². The number of halogens is 1. The molecule has 9 heavy (non-hydrogen) atoms. The van der Waals surface area contributed by atoms with Crippen LogP contribution in [0.4, 0.5) is 0 Å². The molecule has 0 spiro atoms. The minimum Gasteiger partial charge on any atom is -0.247 e. The lowest BCUT2D eigenvalue weighted by molar-refractivity contribution is -0.670. The van der Waals surface area contributed by atoms with E-state index in [1.54, 1.807) is 6.20 Å². The van der Waals surface area contributed by atoms with Crippen molar-refractivity contribution in [2.24, 2.45) is 7.05 Å². The molecule has 0 unspecified atom stereocenters. The number of aromatic nitrogens is 2. The van der Waals surface area contributed by atoms with Crippen LogP contribution in [0.1, 0.15) is 5.69 Å². The molecule has 1 rings (SSSR count). The van der Waals surface area contributed by atoms with Crippen molar-refractivity contribution >= 4 is 11.6 Å². The van der Waals surface area contributed by atoms with E-state index in [1.807, 2.05) is 24.7 Å². The van der Waals surface area contributed by atoms with Gasteiger partial charge in [0, 0.05) is 0 Å². The maximum absolute atomic E-state index is 5.78. The van der Waals surface area contributed by atoms with E-state index >= 15 is 0 Å². The Morgan fingerprint density at radius 3 is 2.78 bits per heavy atom. The Morgan fingerprint density at radius 1 is 1.67 bits per heavy atom. The lowest BCUT2D eigenvalue weighted by atomic mass is 10.5. The number of aryl methyl sites for hydroxylation is 2. The van der Waals surface area contributed by atoms with Gasteiger partial charge in [-0.2, -0.15) is 4.57 Å². The number of hydrogen-bond donors (Lipinski definition) is 0. The molecule has 0 saturated carbocycles. The van der Waals surface area contributed by atoms with Gasteiger partial charge in [-0.05, 0) is 18.5 Å². The molecule has 0 aliphatic carbocycles. The maximum Gasteiger partial charge on any atom is 0.296 e. The van der Waals surface area contributed by atoms with Crippen LogP contribution in [0.5, 0.6) is 0 Å². The quantitative estimate of drug-likeness (QED) is 0.493. The summed E-state index contributed by atoms with van der Waals surface area (Å²) in [7, 11) is 1.89. The zero-order valence-corrected chi connectivity index (χ0v) is 6.18. The highest BCUT2D eigenvalue weighted by Gasteiger charge is 2.04. The predicted molar refractivity (Wildman–Crippen MR) is 35.2 cm³/mol. The van der Waals surface area contributed by atoms with E-state index in [9.17, 15) is 0 Å². The molecule has 0 N–H and O–H groups in total. The van der Waals surface area contributed by atoms with E-state index in [0.29, 0.717) is 5.15 Å². The summed E-state index contributed by atoms with van der Waals surface area (Å²) in [4.78, 5) is 3.99. The fourth-order valence-corrected chi connectivity index (χ4v) is 0.724. The molecule has 0 aliphatic rings. The first-order valence-corrected chi connectivity index (χ1v) is 3.06. The van der Waals surface area contributed by atoms with Crippen LogP contribution in [-0.2, 0) is 7.05 Å². The van der Waals surface area contributed by atoms with Crippen molar-refractivity contribution in [2.45, 2.75) is 6.92 Å². The molecule has 3 heteroatoms. The van der Waals surface area contributed by atoms with Crippen molar-refractivity contribution in [2.75, 3.05) is 0 Å². The van der Waals surface area contributed by atoms with Crippen molar-refractivity contribution in [1.82, 2.24) is 4.98 Å². The highest BCUT2D eigenvalue weighted by molar-refractivity contribution is 6.28. The summed E-state index contributed by atoms with van der Waals surface area (Å²) in [5.74, 6) is 0.